The summed E-state index contributed by atoms with van der Waals surface area (Å²) in [7, 11) is -2.43. The van der Waals surface area contributed by atoms with Crippen molar-refractivity contribution in [3.8, 4) is 0 Å². The number of rotatable bonds is 7. The second-order valence-electron chi connectivity index (χ2n) is 7.40. The smallest absolute Gasteiger partial charge is 0.339 e. The van der Waals surface area contributed by atoms with Crippen LogP contribution in [0.4, 0.5) is 5.69 Å². The van der Waals surface area contributed by atoms with Crippen LogP contribution in [0.15, 0.2) is 29.2 Å². The summed E-state index contributed by atoms with van der Waals surface area (Å²) in [6.07, 6.45) is 1.87. The lowest BCUT2D eigenvalue weighted by atomic mass is 10.1. The maximum absolute atomic E-state index is 12.8. The molecular formula is C21H27N3O6S. The molecule has 0 saturated carbocycles. The first kappa shape index (κ1) is 23.0. The molecule has 0 radical (unpaired) electrons. The molecule has 9 nitrogen and oxygen atoms in total. The van der Waals surface area contributed by atoms with E-state index in [2.05, 4.69) is 10.3 Å². The number of aryl methyl sites for hydroxylation is 1. The van der Waals surface area contributed by atoms with Gasteiger partial charge in [0.1, 0.15) is 5.69 Å². The minimum Gasteiger partial charge on any atom is -0.465 e. The molecule has 3 N–H and O–H groups in total. The van der Waals surface area contributed by atoms with E-state index < -0.39 is 27.9 Å². The van der Waals surface area contributed by atoms with Crippen molar-refractivity contribution in [2.24, 2.45) is 0 Å². The predicted octanol–water partition coefficient (Wildman–Crippen LogP) is 2.07. The fourth-order valence-electron chi connectivity index (χ4n) is 3.88. The number of anilines is 1. The van der Waals surface area contributed by atoms with Crippen LogP contribution in [0.1, 0.15) is 51.9 Å². The topological polar surface area (TPSA) is 129 Å². The number of aliphatic hydroxyl groups is 1. The highest BCUT2D eigenvalue weighted by atomic mass is 32.2. The average molecular weight is 450 g/mol. The van der Waals surface area contributed by atoms with Crippen LogP contribution in [0, 0.1) is 6.92 Å². The molecule has 1 fully saturated rings. The molecule has 10 heteroatoms. The quantitative estimate of drug-likeness (QED) is 0.555. The maximum atomic E-state index is 12.8. The van der Waals surface area contributed by atoms with E-state index in [1.807, 2.05) is 6.92 Å². The first-order valence-corrected chi connectivity index (χ1v) is 11.5. The SMILES string of the molecule is CCc1[nH]c(C(=O)Nc2ccc(S(=O)(=O)N3CCC[C@@H]3CO)cc2)c(C)c1C(=O)OC. The molecule has 31 heavy (non-hydrogen) atoms. The predicted molar refractivity (Wildman–Crippen MR) is 115 cm³/mol. The molecule has 1 aromatic carbocycles. The summed E-state index contributed by atoms with van der Waals surface area (Å²) in [5.74, 6) is -0.958. The number of hydrogen-bond donors (Lipinski definition) is 3. The van der Waals surface area contributed by atoms with Crippen LogP contribution in [0.3, 0.4) is 0 Å². The summed E-state index contributed by atoms with van der Waals surface area (Å²) in [5, 5.41) is 12.1. The Morgan fingerprint density at radius 2 is 1.97 bits per heavy atom. The van der Waals surface area contributed by atoms with Gasteiger partial charge in [0.25, 0.3) is 5.91 Å². The Labute approximate surface area is 181 Å². The summed E-state index contributed by atoms with van der Waals surface area (Å²) in [5.41, 5.74) is 2.11. The van der Waals surface area contributed by atoms with Gasteiger partial charge < -0.3 is 20.1 Å². The van der Waals surface area contributed by atoms with Crippen molar-refractivity contribution in [3.05, 3.63) is 46.8 Å². The van der Waals surface area contributed by atoms with Crippen LogP contribution in [0.25, 0.3) is 0 Å². The molecule has 0 aliphatic carbocycles. The number of carbonyl (C=O) groups excluding carboxylic acids is 2. The number of ether oxygens (including phenoxy) is 1. The number of aliphatic hydroxyl groups excluding tert-OH is 1. The van der Waals surface area contributed by atoms with Crippen molar-refractivity contribution >= 4 is 27.6 Å². The molecule has 0 bridgehead atoms. The third kappa shape index (κ3) is 4.36. The molecule has 1 atom stereocenters. The van der Waals surface area contributed by atoms with Gasteiger partial charge in [0.15, 0.2) is 0 Å². The molecule has 1 aromatic heterocycles. The molecule has 1 aliphatic rings. The van der Waals surface area contributed by atoms with Gasteiger partial charge in [-0.15, -0.1) is 0 Å². The van der Waals surface area contributed by atoms with Crippen molar-refractivity contribution in [3.63, 3.8) is 0 Å². The zero-order valence-electron chi connectivity index (χ0n) is 17.8. The van der Waals surface area contributed by atoms with Crippen molar-refractivity contribution in [2.75, 3.05) is 25.6 Å². The lowest BCUT2D eigenvalue weighted by Crippen LogP contribution is -2.37. The number of amides is 1. The lowest BCUT2D eigenvalue weighted by molar-refractivity contribution is 0.0599. The van der Waals surface area contributed by atoms with E-state index in [9.17, 15) is 23.1 Å². The summed E-state index contributed by atoms with van der Waals surface area (Å²) in [6, 6.07) is 5.47. The molecule has 2 aromatic rings. The summed E-state index contributed by atoms with van der Waals surface area (Å²) in [4.78, 5) is 27.9. The van der Waals surface area contributed by atoms with Crippen LogP contribution >= 0.6 is 0 Å². The molecule has 1 saturated heterocycles. The van der Waals surface area contributed by atoms with Gasteiger partial charge >= 0.3 is 5.97 Å². The largest absolute Gasteiger partial charge is 0.465 e. The number of nitrogens with zero attached hydrogens (tertiary/aromatic N) is 1. The van der Waals surface area contributed by atoms with E-state index in [0.717, 1.165) is 0 Å². The Morgan fingerprint density at radius 3 is 2.55 bits per heavy atom. The van der Waals surface area contributed by atoms with Crippen molar-refractivity contribution in [1.82, 2.24) is 9.29 Å². The standard InChI is InChI=1S/C21H27N3O6S/c1-4-17-18(21(27)30-3)13(2)19(23-17)20(26)22-14-7-9-16(10-8-14)31(28,29)24-11-5-6-15(24)12-25/h7-10,15,23,25H,4-6,11-12H2,1-3H3,(H,22,26)/t15-/m1/s1. The number of esters is 1. The van der Waals surface area contributed by atoms with E-state index in [4.69, 9.17) is 4.74 Å². The van der Waals surface area contributed by atoms with Crippen molar-refractivity contribution < 1.29 is 27.9 Å². The molecular weight excluding hydrogens is 422 g/mol. The van der Waals surface area contributed by atoms with Crippen LogP contribution < -0.4 is 5.32 Å². The van der Waals surface area contributed by atoms with Crippen LogP contribution in [-0.2, 0) is 21.2 Å². The van der Waals surface area contributed by atoms with Gasteiger partial charge in [-0.1, -0.05) is 6.92 Å². The number of benzene rings is 1. The Hall–Kier alpha value is -2.69. The van der Waals surface area contributed by atoms with Gasteiger partial charge in [-0.05, 0) is 56.0 Å². The zero-order valence-corrected chi connectivity index (χ0v) is 18.6. The molecule has 0 spiro atoms. The van der Waals surface area contributed by atoms with Crippen LogP contribution in [0.5, 0.6) is 0 Å². The summed E-state index contributed by atoms with van der Waals surface area (Å²) in [6.45, 7) is 3.69. The van der Waals surface area contributed by atoms with E-state index in [1.54, 1.807) is 6.92 Å². The Kier molecular flexibility index (Phi) is 6.83. The second kappa shape index (κ2) is 9.21. The van der Waals surface area contributed by atoms with E-state index in [0.29, 0.717) is 48.3 Å². The highest BCUT2D eigenvalue weighted by Crippen LogP contribution is 2.27. The third-order valence-corrected chi connectivity index (χ3v) is 7.52. The summed E-state index contributed by atoms with van der Waals surface area (Å²) >= 11 is 0. The molecule has 3 rings (SSSR count). The minimum atomic E-state index is -3.72. The van der Waals surface area contributed by atoms with Gasteiger partial charge in [-0.25, -0.2) is 13.2 Å². The molecule has 1 aliphatic heterocycles. The highest BCUT2D eigenvalue weighted by molar-refractivity contribution is 7.89. The highest BCUT2D eigenvalue weighted by Gasteiger charge is 2.34. The molecule has 1 amide bonds. The number of hydrogen-bond acceptors (Lipinski definition) is 6. The Morgan fingerprint density at radius 1 is 1.29 bits per heavy atom. The van der Waals surface area contributed by atoms with E-state index in [1.165, 1.54) is 35.7 Å². The van der Waals surface area contributed by atoms with Crippen molar-refractivity contribution in [1.29, 1.82) is 0 Å². The monoisotopic (exact) mass is 449 g/mol. The van der Waals surface area contributed by atoms with Crippen LogP contribution in [-0.4, -0.2) is 61.0 Å². The first-order valence-electron chi connectivity index (χ1n) is 10.1. The first-order chi connectivity index (χ1) is 14.7. The molecule has 2 heterocycles. The lowest BCUT2D eigenvalue weighted by Gasteiger charge is -2.22. The normalized spacial score (nSPS) is 17.0. The number of aromatic amines is 1. The number of aromatic nitrogens is 1. The van der Waals surface area contributed by atoms with Gasteiger partial charge in [0.05, 0.1) is 24.2 Å². The second-order valence-corrected chi connectivity index (χ2v) is 9.29. The number of sulfonamides is 1. The summed E-state index contributed by atoms with van der Waals surface area (Å²) < 4.78 is 31.8. The third-order valence-electron chi connectivity index (χ3n) is 5.55. The zero-order chi connectivity index (χ0) is 22.8. The van der Waals surface area contributed by atoms with Crippen molar-refractivity contribution in [2.45, 2.75) is 44.0 Å². The van der Waals surface area contributed by atoms with E-state index in [-0.39, 0.29) is 17.2 Å². The van der Waals surface area contributed by atoms with Gasteiger partial charge in [0, 0.05) is 24.0 Å². The number of nitrogens with one attached hydrogen (secondary N) is 2. The average Bonchev–Trinajstić information content (AvgIpc) is 3.38. The Balaban J connectivity index is 1.80. The van der Waals surface area contributed by atoms with Gasteiger partial charge in [-0.3, -0.25) is 4.79 Å². The fourth-order valence-corrected chi connectivity index (χ4v) is 5.56. The minimum absolute atomic E-state index is 0.100. The van der Waals surface area contributed by atoms with Gasteiger partial charge in [-0.2, -0.15) is 4.31 Å². The van der Waals surface area contributed by atoms with Gasteiger partial charge in [0.2, 0.25) is 10.0 Å². The van der Waals surface area contributed by atoms with Crippen LogP contribution in [0.2, 0.25) is 0 Å². The molecule has 168 valence electrons. The van der Waals surface area contributed by atoms with E-state index >= 15 is 0 Å². The number of carbonyl (C=O) groups is 2. The Bertz CT molecular complexity index is 1080. The number of methoxy groups -OCH3 is 1. The maximum Gasteiger partial charge on any atom is 0.339 e. The fraction of sp³-hybridized carbons (Fsp3) is 0.429. The number of H-pyrrole nitrogens is 1. The molecule has 0 unspecified atom stereocenters.